The van der Waals surface area contributed by atoms with Gasteiger partial charge in [-0.1, -0.05) is 17.7 Å². The molecular formula is C21H20N4OS. The maximum atomic E-state index is 12.9. The largest absolute Gasteiger partial charge is 0.357 e. The molecule has 2 N–H and O–H groups in total. The Morgan fingerprint density at radius 1 is 1.22 bits per heavy atom. The maximum absolute atomic E-state index is 12.9. The van der Waals surface area contributed by atoms with Gasteiger partial charge in [-0.2, -0.15) is 8.75 Å². The topological polar surface area (TPSA) is 70.7 Å². The van der Waals surface area contributed by atoms with Gasteiger partial charge >= 0.3 is 0 Å². The number of hydrogen-bond acceptors (Lipinski definition) is 4. The zero-order valence-corrected chi connectivity index (χ0v) is 15.9. The van der Waals surface area contributed by atoms with E-state index in [1.807, 2.05) is 18.2 Å². The molecule has 0 aliphatic heterocycles. The third-order valence-electron chi connectivity index (χ3n) is 5.46. The summed E-state index contributed by atoms with van der Waals surface area (Å²) in [4.78, 5) is 16.4. The number of H-pyrrole nitrogens is 1. The zero-order valence-electron chi connectivity index (χ0n) is 15.1. The molecule has 136 valence electrons. The minimum atomic E-state index is -0.105. The third kappa shape index (κ3) is 2.90. The molecule has 5 nitrogen and oxygen atoms in total. The predicted octanol–water partition coefficient (Wildman–Crippen LogP) is 4.22. The summed E-state index contributed by atoms with van der Waals surface area (Å²) in [6, 6.07) is 12.4. The van der Waals surface area contributed by atoms with Crippen molar-refractivity contribution in [1.29, 1.82) is 0 Å². The van der Waals surface area contributed by atoms with Crippen molar-refractivity contribution in [3.8, 4) is 0 Å². The number of aromatic nitrogens is 3. The minimum Gasteiger partial charge on any atom is -0.357 e. The monoisotopic (exact) mass is 376 g/mol. The molecule has 1 atom stereocenters. The molecule has 0 saturated heterocycles. The first kappa shape index (κ1) is 16.4. The van der Waals surface area contributed by atoms with Crippen LogP contribution in [0.3, 0.4) is 0 Å². The van der Waals surface area contributed by atoms with E-state index in [0.29, 0.717) is 6.54 Å². The molecule has 2 aromatic carbocycles. The van der Waals surface area contributed by atoms with Crippen LogP contribution >= 0.6 is 11.7 Å². The Labute approximate surface area is 161 Å². The normalized spacial score (nSPS) is 16.6. The fourth-order valence-corrected chi connectivity index (χ4v) is 4.61. The van der Waals surface area contributed by atoms with E-state index in [2.05, 4.69) is 44.2 Å². The van der Waals surface area contributed by atoms with Crippen LogP contribution in [0.15, 0.2) is 36.4 Å². The quantitative estimate of drug-likeness (QED) is 0.562. The Morgan fingerprint density at radius 2 is 2.11 bits per heavy atom. The lowest BCUT2D eigenvalue weighted by atomic mass is 9.86. The highest BCUT2D eigenvalue weighted by atomic mass is 32.1. The van der Waals surface area contributed by atoms with Crippen LogP contribution in [0.5, 0.6) is 0 Å². The van der Waals surface area contributed by atoms with Gasteiger partial charge in [0.2, 0.25) is 5.91 Å². The lowest BCUT2D eigenvalue weighted by molar-refractivity contribution is -0.123. The summed E-state index contributed by atoms with van der Waals surface area (Å²) in [7, 11) is 0. The van der Waals surface area contributed by atoms with Gasteiger partial charge in [-0.05, 0) is 61.6 Å². The Balaban J connectivity index is 1.38. The molecule has 2 aromatic heterocycles. The van der Waals surface area contributed by atoms with E-state index in [4.69, 9.17) is 0 Å². The van der Waals surface area contributed by atoms with E-state index in [1.165, 1.54) is 28.2 Å². The average Bonchev–Trinajstić information content (AvgIpc) is 3.29. The van der Waals surface area contributed by atoms with Gasteiger partial charge in [0.05, 0.1) is 17.6 Å². The van der Waals surface area contributed by atoms with E-state index < -0.39 is 0 Å². The van der Waals surface area contributed by atoms with Crippen molar-refractivity contribution in [2.24, 2.45) is 0 Å². The van der Waals surface area contributed by atoms with Crippen molar-refractivity contribution in [2.75, 3.05) is 0 Å². The zero-order chi connectivity index (χ0) is 18.4. The van der Waals surface area contributed by atoms with E-state index in [1.54, 1.807) is 0 Å². The van der Waals surface area contributed by atoms with Crippen molar-refractivity contribution < 1.29 is 4.79 Å². The first-order valence-electron chi connectivity index (χ1n) is 9.29. The summed E-state index contributed by atoms with van der Waals surface area (Å²) in [6.07, 6.45) is 2.97. The highest BCUT2D eigenvalue weighted by Gasteiger charge is 2.29. The molecule has 0 saturated carbocycles. The molecule has 0 radical (unpaired) electrons. The van der Waals surface area contributed by atoms with Crippen LogP contribution < -0.4 is 5.32 Å². The van der Waals surface area contributed by atoms with E-state index in [-0.39, 0.29) is 11.8 Å². The standard InChI is InChI=1S/C21H20N4OS/c1-12-5-7-17-16(9-12)14-3-2-4-15(20(14)23-17)21(26)22-11-13-6-8-18-19(10-13)25-27-24-18/h5-10,15,23H,2-4,11H2,1H3,(H,22,26)/t15-/m1/s1. The van der Waals surface area contributed by atoms with Crippen molar-refractivity contribution in [3.63, 3.8) is 0 Å². The summed E-state index contributed by atoms with van der Waals surface area (Å²) in [5.74, 6) is -0.0122. The third-order valence-corrected chi connectivity index (χ3v) is 6.02. The van der Waals surface area contributed by atoms with E-state index in [9.17, 15) is 4.79 Å². The molecule has 0 unspecified atom stereocenters. The van der Waals surface area contributed by atoms with Gasteiger partial charge in [0.15, 0.2) is 0 Å². The molecule has 0 fully saturated rings. The first-order valence-corrected chi connectivity index (χ1v) is 10.0. The van der Waals surface area contributed by atoms with Crippen LogP contribution in [0.4, 0.5) is 0 Å². The Bertz CT molecular complexity index is 1160. The molecule has 1 aliphatic rings. The number of aromatic amines is 1. The van der Waals surface area contributed by atoms with Crippen molar-refractivity contribution >= 4 is 39.6 Å². The van der Waals surface area contributed by atoms with Gasteiger partial charge < -0.3 is 10.3 Å². The van der Waals surface area contributed by atoms with Crippen molar-refractivity contribution in [2.45, 2.75) is 38.6 Å². The highest BCUT2D eigenvalue weighted by molar-refractivity contribution is 7.00. The van der Waals surface area contributed by atoms with Gasteiger partial charge in [0.1, 0.15) is 11.0 Å². The minimum absolute atomic E-state index is 0.0933. The molecule has 5 rings (SSSR count). The van der Waals surface area contributed by atoms with Gasteiger partial charge in [-0.15, -0.1) is 0 Å². The summed E-state index contributed by atoms with van der Waals surface area (Å²) < 4.78 is 8.49. The van der Waals surface area contributed by atoms with Crippen LogP contribution in [0.2, 0.25) is 0 Å². The molecule has 0 spiro atoms. The van der Waals surface area contributed by atoms with Crippen LogP contribution in [-0.2, 0) is 17.8 Å². The average molecular weight is 376 g/mol. The second-order valence-corrected chi connectivity index (χ2v) is 7.84. The second-order valence-electron chi connectivity index (χ2n) is 7.32. The number of carbonyl (C=O) groups excluding carboxylic acids is 1. The molecule has 0 bridgehead atoms. The van der Waals surface area contributed by atoms with Gasteiger partial charge in [-0.25, -0.2) is 0 Å². The lowest BCUT2D eigenvalue weighted by Crippen LogP contribution is -2.31. The Morgan fingerprint density at radius 3 is 3.04 bits per heavy atom. The number of carbonyl (C=O) groups is 1. The molecule has 6 heteroatoms. The molecule has 1 amide bonds. The molecule has 2 heterocycles. The van der Waals surface area contributed by atoms with Gasteiger partial charge in [-0.3, -0.25) is 4.79 Å². The van der Waals surface area contributed by atoms with Gasteiger partial charge in [0.25, 0.3) is 0 Å². The Hall–Kier alpha value is -2.73. The van der Waals surface area contributed by atoms with Crippen LogP contribution in [0.1, 0.15) is 41.1 Å². The highest BCUT2D eigenvalue weighted by Crippen LogP contribution is 2.36. The second kappa shape index (κ2) is 6.46. The van der Waals surface area contributed by atoms with Crippen molar-refractivity contribution in [3.05, 3.63) is 58.8 Å². The number of hydrogen-bond donors (Lipinski definition) is 2. The van der Waals surface area contributed by atoms with Crippen LogP contribution in [0, 0.1) is 6.92 Å². The maximum Gasteiger partial charge on any atom is 0.229 e. The first-order chi connectivity index (χ1) is 13.2. The number of rotatable bonds is 3. The number of benzene rings is 2. The van der Waals surface area contributed by atoms with Crippen molar-refractivity contribution in [1.82, 2.24) is 19.0 Å². The summed E-state index contributed by atoms with van der Waals surface area (Å²) in [6.45, 7) is 2.62. The number of amides is 1. The van der Waals surface area contributed by atoms with E-state index >= 15 is 0 Å². The van der Waals surface area contributed by atoms with Crippen LogP contribution in [-0.4, -0.2) is 19.6 Å². The summed E-state index contributed by atoms with van der Waals surface area (Å²) in [5, 5.41) is 4.39. The number of nitrogens with zero attached hydrogens (tertiary/aromatic N) is 2. The summed E-state index contributed by atoms with van der Waals surface area (Å²) in [5.41, 5.74) is 7.63. The predicted molar refractivity (Wildman–Crippen MR) is 108 cm³/mol. The lowest BCUT2D eigenvalue weighted by Gasteiger charge is -2.22. The molecule has 4 aromatic rings. The Kier molecular flexibility index (Phi) is 3.93. The molecular weight excluding hydrogens is 356 g/mol. The molecule has 27 heavy (non-hydrogen) atoms. The number of fused-ring (bicyclic) bond motifs is 4. The smallest absolute Gasteiger partial charge is 0.229 e. The number of nitrogens with one attached hydrogen (secondary N) is 2. The van der Waals surface area contributed by atoms with E-state index in [0.717, 1.165) is 47.1 Å². The summed E-state index contributed by atoms with van der Waals surface area (Å²) >= 11 is 1.21. The van der Waals surface area contributed by atoms with Gasteiger partial charge in [0, 0.05) is 23.1 Å². The van der Waals surface area contributed by atoms with Crippen LogP contribution in [0.25, 0.3) is 21.9 Å². The fraction of sp³-hybridized carbons (Fsp3) is 0.286. The number of aryl methyl sites for hydroxylation is 2. The SMILES string of the molecule is Cc1ccc2[nH]c3c(c2c1)CCC[C@H]3C(=O)NCc1ccc2nsnc2c1. The molecule has 1 aliphatic carbocycles. The fourth-order valence-electron chi connectivity index (χ4n) is 4.09.